The Balaban J connectivity index is 2.95. The molecule has 0 N–H and O–H groups in total. The first-order valence-electron chi connectivity index (χ1n) is 6.75. The van der Waals surface area contributed by atoms with E-state index in [1.54, 1.807) is 8.02 Å². The summed E-state index contributed by atoms with van der Waals surface area (Å²) in [5, 5.41) is 0. The Labute approximate surface area is 105 Å². The van der Waals surface area contributed by atoms with Crippen molar-refractivity contribution in [2.45, 2.75) is 53.8 Å². The average molecular weight is 325 g/mol. The van der Waals surface area contributed by atoms with Gasteiger partial charge in [0.25, 0.3) is 0 Å². The Morgan fingerprint density at radius 1 is 0.938 bits per heavy atom. The van der Waals surface area contributed by atoms with Crippen LogP contribution < -0.4 is 3.58 Å². The van der Waals surface area contributed by atoms with Crippen LogP contribution in [-0.4, -0.2) is 18.4 Å². The normalized spacial score (nSPS) is 11.8. The van der Waals surface area contributed by atoms with Crippen LogP contribution in [-0.2, 0) is 0 Å². The maximum absolute atomic E-state index is 2.43. The standard InChI is InChI=1S/C7H7.C4H9.2C2H5.Sn/c1-7-5-3-2-4-6-7;1-3-4-2;2*1-2;/h3-6H,1H3;1,3-4H2,2H3;2*1H2,2H3;. The van der Waals surface area contributed by atoms with Gasteiger partial charge in [-0.3, -0.25) is 0 Å². The van der Waals surface area contributed by atoms with E-state index in [1.807, 2.05) is 0 Å². The molecule has 1 aromatic carbocycles. The molecule has 0 atom stereocenters. The third-order valence-electron chi connectivity index (χ3n) is 4.03. The number of unbranched alkanes of at least 4 members (excludes halogenated alkanes) is 1. The number of rotatable bonds is 6. The predicted molar refractivity (Wildman–Crippen MR) is 77.2 cm³/mol. The van der Waals surface area contributed by atoms with E-state index in [-0.39, 0.29) is 0 Å². The third kappa shape index (κ3) is 3.25. The minimum absolute atomic E-state index is 1.35. The van der Waals surface area contributed by atoms with Crippen LogP contribution in [0, 0.1) is 6.92 Å². The summed E-state index contributed by atoms with van der Waals surface area (Å²) in [6.07, 6.45) is 2.79. The summed E-state index contributed by atoms with van der Waals surface area (Å²) in [6.45, 7) is 9.35. The first-order chi connectivity index (χ1) is 7.68. The van der Waals surface area contributed by atoms with E-state index < -0.39 is 18.4 Å². The molecular weight excluding hydrogens is 299 g/mol. The van der Waals surface area contributed by atoms with Crippen molar-refractivity contribution < 1.29 is 0 Å². The summed E-state index contributed by atoms with van der Waals surface area (Å²) < 4.78 is 6.22. The van der Waals surface area contributed by atoms with Crippen LogP contribution in [0.3, 0.4) is 0 Å². The molecule has 0 aliphatic carbocycles. The summed E-state index contributed by atoms with van der Waals surface area (Å²) in [4.78, 5) is 0. The van der Waals surface area contributed by atoms with Crippen LogP contribution in [0.25, 0.3) is 0 Å². The van der Waals surface area contributed by atoms with Crippen LogP contribution in [0.1, 0.15) is 39.2 Å². The molecule has 1 aromatic rings. The van der Waals surface area contributed by atoms with E-state index in [0.717, 1.165) is 0 Å². The van der Waals surface area contributed by atoms with E-state index in [1.165, 1.54) is 27.3 Å². The molecular formula is C15H26Sn. The molecule has 16 heavy (non-hydrogen) atoms. The van der Waals surface area contributed by atoms with Gasteiger partial charge in [-0.05, 0) is 0 Å². The summed E-state index contributed by atoms with van der Waals surface area (Å²) in [7, 11) is 0. The summed E-state index contributed by atoms with van der Waals surface area (Å²) in [5.41, 5.74) is 1.40. The zero-order valence-corrected chi connectivity index (χ0v) is 14.2. The zero-order chi connectivity index (χ0) is 12.0. The zero-order valence-electron chi connectivity index (χ0n) is 11.3. The topological polar surface area (TPSA) is 0 Å². The van der Waals surface area contributed by atoms with Gasteiger partial charge >= 0.3 is 106 Å². The second kappa shape index (κ2) is 6.68. The molecule has 0 aliphatic heterocycles. The van der Waals surface area contributed by atoms with Gasteiger partial charge in [-0.15, -0.1) is 0 Å². The van der Waals surface area contributed by atoms with Gasteiger partial charge in [0.1, 0.15) is 0 Å². The van der Waals surface area contributed by atoms with Gasteiger partial charge in [-0.2, -0.15) is 0 Å². The molecule has 0 nitrogen and oxygen atoms in total. The summed E-state index contributed by atoms with van der Waals surface area (Å²) in [5.74, 6) is 0. The van der Waals surface area contributed by atoms with Crippen LogP contribution in [0.5, 0.6) is 0 Å². The predicted octanol–water partition coefficient (Wildman–Crippen LogP) is 4.49. The van der Waals surface area contributed by atoms with E-state index in [0.29, 0.717) is 0 Å². The SMILES string of the molecule is CCC[CH2][Sn]([CH2]C)([CH2]C)[c]1ccc(C)cc1. The van der Waals surface area contributed by atoms with Crippen molar-refractivity contribution in [1.29, 1.82) is 0 Å². The van der Waals surface area contributed by atoms with Crippen molar-refractivity contribution in [1.82, 2.24) is 0 Å². The van der Waals surface area contributed by atoms with Crippen LogP contribution in [0.15, 0.2) is 24.3 Å². The van der Waals surface area contributed by atoms with Crippen LogP contribution in [0.4, 0.5) is 0 Å². The van der Waals surface area contributed by atoms with Gasteiger partial charge in [0.2, 0.25) is 0 Å². The molecule has 0 unspecified atom stereocenters. The fourth-order valence-corrected chi connectivity index (χ4v) is 14.6. The van der Waals surface area contributed by atoms with Gasteiger partial charge in [0.15, 0.2) is 0 Å². The minimum atomic E-state index is -1.97. The Morgan fingerprint density at radius 3 is 1.94 bits per heavy atom. The molecule has 0 aliphatic rings. The maximum atomic E-state index is 2.43. The molecule has 1 rings (SSSR count). The molecule has 0 saturated heterocycles. The monoisotopic (exact) mass is 326 g/mol. The first kappa shape index (κ1) is 14.1. The first-order valence-corrected chi connectivity index (χ1v) is 14.2. The Kier molecular flexibility index (Phi) is 5.88. The second-order valence-electron chi connectivity index (χ2n) is 4.96. The van der Waals surface area contributed by atoms with Crippen molar-refractivity contribution in [3.8, 4) is 0 Å². The molecule has 0 bridgehead atoms. The van der Waals surface area contributed by atoms with Crippen molar-refractivity contribution in [3.05, 3.63) is 29.8 Å². The molecule has 0 aromatic heterocycles. The summed E-state index contributed by atoms with van der Waals surface area (Å²) >= 11 is -1.97. The van der Waals surface area contributed by atoms with Crippen molar-refractivity contribution in [2.24, 2.45) is 0 Å². The molecule has 1 heteroatoms. The fraction of sp³-hybridized carbons (Fsp3) is 0.600. The Morgan fingerprint density at radius 2 is 1.50 bits per heavy atom. The number of hydrogen-bond donors (Lipinski definition) is 0. The number of benzene rings is 1. The van der Waals surface area contributed by atoms with Crippen molar-refractivity contribution in [2.75, 3.05) is 0 Å². The molecule has 0 spiro atoms. The fourth-order valence-electron chi connectivity index (χ4n) is 2.58. The van der Waals surface area contributed by atoms with Gasteiger partial charge in [-0.25, -0.2) is 0 Å². The molecule has 0 radical (unpaired) electrons. The van der Waals surface area contributed by atoms with E-state index in [2.05, 4.69) is 52.0 Å². The Bertz CT molecular complexity index is 296. The molecule has 0 heterocycles. The average Bonchev–Trinajstić information content (AvgIpc) is 2.33. The quantitative estimate of drug-likeness (QED) is 0.676. The molecule has 0 amide bonds. The Hall–Kier alpha value is 0.0187. The molecule has 90 valence electrons. The number of aryl methyl sites for hydroxylation is 1. The van der Waals surface area contributed by atoms with Crippen LogP contribution in [0.2, 0.25) is 13.3 Å². The molecule has 0 fully saturated rings. The van der Waals surface area contributed by atoms with Crippen LogP contribution >= 0.6 is 0 Å². The van der Waals surface area contributed by atoms with Gasteiger partial charge < -0.3 is 0 Å². The summed E-state index contributed by atoms with van der Waals surface area (Å²) in [6, 6.07) is 9.46. The van der Waals surface area contributed by atoms with E-state index >= 15 is 0 Å². The van der Waals surface area contributed by atoms with Gasteiger partial charge in [0, 0.05) is 0 Å². The van der Waals surface area contributed by atoms with Gasteiger partial charge in [0.05, 0.1) is 0 Å². The third-order valence-corrected chi connectivity index (χ3v) is 19.9. The molecule has 0 saturated carbocycles. The second-order valence-corrected chi connectivity index (χ2v) is 19.4. The van der Waals surface area contributed by atoms with E-state index in [4.69, 9.17) is 0 Å². The van der Waals surface area contributed by atoms with E-state index in [9.17, 15) is 0 Å². The van der Waals surface area contributed by atoms with Gasteiger partial charge in [-0.1, -0.05) is 0 Å². The van der Waals surface area contributed by atoms with Crippen molar-refractivity contribution >= 4 is 22.0 Å². The van der Waals surface area contributed by atoms with Crippen molar-refractivity contribution in [3.63, 3.8) is 0 Å². The number of hydrogen-bond acceptors (Lipinski definition) is 0.